The molecular weight excluding hydrogens is 154 g/mol. The van der Waals surface area contributed by atoms with Gasteiger partial charge in [0.1, 0.15) is 8.07 Å². The van der Waals surface area contributed by atoms with Crippen molar-refractivity contribution in [3.8, 4) is 0 Å². The van der Waals surface area contributed by atoms with Crippen LogP contribution in [-0.4, -0.2) is 20.6 Å². The first kappa shape index (κ1) is 7.95. The van der Waals surface area contributed by atoms with E-state index in [4.69, 9.17) is 0 Å². The van der Waals surface area contributed by atoms with E-state index >= 15 is 0 Å². The second kappa shape index (κ2) is 2.84. The summed E-state index contributed by atoms with van der Waals surface area (Å²) in [6, 6.07) is 0. The largest absolute Gasteiger partial charge is 0.307 e. The molecule has 0 aliphatic carbocycles. The van der Waals surface area contributed by atoms with E-state index in [1.807, 2.05) is 0 Å². The fourth-order valence-corrected chi connectivity index (χ4v) is 5.19. The summed E-state index contributed by atoms with van der Waals surface area (Å²) in [7, 11) is -0.538. The van der Waals surface area contributed by atoms with Crippen LogP contribution in [0.25, 0.3) is 0 Å². The molecule has 54 valence electrons. The van der Waals surface area contributed by atoms with Gasteiger partial charge in [-0.1, -0.05) is 12.2 Å². The lowest BCUT2D eigenvalue weighted by Gasteiger charge is -2.02. The van der Waals surface area contributed by atoms with Gasteiger partial charge in [0.05, 0.1) is 0 Å². The van der Waals surface area contributed by atoms with E-state index < -0.39 is 0 Å². The minimum absolute atomic E-state index is 0.200. The van der Waals surface area contributed by atoms with Crippen molar-refractivity contribution in [3.63, 3.8) is 0 Å². The maximum atomic E-state index is 4.64. The van der Waals surface area contributed by atoms with E-state index in [1.54, 1.807) is 0 Å². The predicted molar refractivity (Wildman–Crippen MR) is 47.6 cm³/mol. The van der Waals surface area contributed by atoms with Gasteiger partial charge >= 0.3 is 0 Å². The number of hydrogen-bond donors (Lipinski definition) is 0. The van der Waals surface area contributed by atoms with Crippen LogP contribution in [-0.2, 0) is 13.1 Å². The molecule has 0 saturated heterocycles. The lowest BCUT2D eigenvalue weighted by molar-refractivity contribution is 1.23. The molecular formula is C7H13NSi2. The van der Waals surface area contributed by atoms with Gasteiger partial charge in [0.25, 0.3) is 0 Å². The summed E-state index contributed by atoms with van der Waals surface area (Å²) in [5, 5.41) is 0. The van der Waals surface area contributed by atoms with Crippen LogP contribution in [0.3, 0.4) is 0 Å². The number of nitrogens with zero attached hydrogens (tertiary/aromatic N) is 1. The van der Waals surface area contributed by atoms with Crippen LogP contribution in [0.2, 0.25) is 0 Å². The molecule has 1 rings (SSSR count). The number of aryl methyl sites for hydroxylation is 4. The Morgan fingerprint density at radius 3 is 2.40 bits per heavy atom. The van der Waals surface area contributed by atoms with Crippen LogP contribution < -0.4 is 0 Å². The molecule has 0 aliphatic heterocycles. The molecule has 1 aromatic heterocycles. The third kappa shape index (κ3) is 1.46. The first-order valence-electron chi connectivity index (χ1n) is 3.52. The van der Waals surface area contributed by atoms with E-state index in [1.165, 1.54) is 11.3 Å². The van der Waals surface area contributed by atoms with Gasteiger partial charge in [0, 0.05) is 13.6 Å². The second-order valence-corrected chi connectivity index (χ2v) is 10.4. The van der Waals surface area contributed by atoms with Crippen LogP contribution >= 0.6 is 0 Å². The zero-order valence-corrected chi connectivity index (χ0v) is 9.02. The van der Waals surface area contributed by atoms with Crippen LogP contribution in [0.1, 0.15) is 11.3 Å². The molecule has 1 nitrogen and oxygen atoms in total. The third-order valence-corrected chi connectivity index (χ3v) is 8.78. The Labute approximate surface area is 65.1 Å². The van der Waals surface area contributed by atoms with E-state index in [-0.39, 0.29) is 16.0 Å². The molecule has 0 saturated carbocycles. The molecule has 0 amide bonds. The number of rotatable bonds is 0. The van der Waals surface area contributed by atoms with Crippen LogP contribution in [0.15, 0.2) is 5.68 Å². The van der Waals surface area contributed by atoms with Crippen molar-refractivity contribution in [3.05, 3.63) is 16.9 Å². The molecule has 1 heterocycles. The maximum Gasteiger partial charge on any atom is 0.130 e. The Kier molecular flexibility index (Phi) is 2.26. The van der Waals surface area contributed by atoms with Crippen molar-refractivity contribution >= 4 is 16.0 Å². The highest BCUT2D eigenvalue weighted by Gasteiger charge is 1.98. The fraction of sp³-hybridized carbons (Fsp3) is 0.571. The van der Waals surface area contributed by atoms with Crippen molar-refractivity contribution in [2.24, 2.45) is 13.1 Å². The maximum absolute atomic E-state index is 4.64. The molecule has 3 heteroatoms. The number of aromatic nitrogens is 1. The summed E-state index contributed by atoms with van der Waals surface area (Å²) in [5.74, 6) is 0. The first-order valence-corrected chi connectivity index (χ1v) is 8.55. The molecule has 0 fully saturated rings. The van der Waals surface area contributed by atoms with Crippen molar-refractivity contribution in [2.75, 3.05) is 0 Å². The van der Waals surface area contributed by atoms with Crippen molar-refractivity contribution in [1.82, 2.24) is 4.64 Å². The van der Waals surface area contributed by atoms with E-state index in [2.05, 4.69) is 37.3 Å². The predicted octanol–water partition coefficient (Wildman–Crippen LogP) is 0.824. The third-order valence-electron chi connectivity index (χ3n) is 1.91. The van der Waals surface area contributed by atoms with Crippen LogP contribution in [0, 0.1) is 13.8 Å². The lowest BCUT2D eigenvalue weighted by atomic mass is 10.3. The van der Waals surface area contributed by atoms with Gasteiger partial charge in [-0.2, -0.15) is 0 Å². The van der Waals surface area contributed by atoms with Gasteiger partial charge in [0.15, 0.2) is 0 Å². The Hall–Kier alpha value is -0.156. The summed E-state index contributed by atoms with van der Waals surface area (Å²) in [6.07, 6.45) is 0. The Morgan fingerprint density at radius 2 is 1.90 bits per heavy atom. The molecule has 0 radical (unpaired) electrons. The molecule has 0 aliphatic rings. The Balaban J connectivity index is 3.28. The average molecular weight is 167 g/mol. The van der Waals surface area contributed by atoms with Gasteiger partial charge in [-0.3, -0.25) is 0 Å². The zero-order valence-electron chi connectivity index (χ0n) is 7.02. The monoisotopic (exact) mass is 167 g/mol. The molecule has 0 N–H and O–H groups in total. The first-order chi connectivity index (χ1) is 4.61. The van der Waals surface area contributed by atoms with Crippen LogP contribution in [0.5, 0.6) is 0 Å². The SMILES string of the molecule is Cc1c[si](C)[si](C)nc1C. The summed E-state index contributed by atoms with van der Waals surface area (Å²) < 4.78 is 4.64. The Bertz CT molecular complexity index is 208. The molecule has 10 heavy (non-hydrogen) atoms. The zero-order chi connectivity index (χ0) is 7.72. The van der Waals surface area contributed by atoms with Gasteiger partial charge < -0.3 is 4.64 Å². The molecule has 1 aromatic rings. The van der Waals surface area contributed by atoms with Crippen LogP contribution in [0.4, 0.5) is 0 Å². The summed E-state index contributed by atoms with van der Waals surface area (Å²) in [5.41, 5.74) is 5.13. The van der Waals surface area contributed by atoms with Crippen molar-refractivity contribution < 1.29 is 0 Å². The number of hydrogen-bond acceptors (Lipinski definition) is 1. The molecule has 0 spiro atoms. The van der Waals surface area contributed by atoms with E-state index in [9.17, 15) is 0 Å². The lowest BCUT2D eigenvalue weighted by Crippen LogP contribution is -2.17. The normalized spacial score (nSPS) is 10.0. The van der Waals surface area contributed by atoms with Gasteiger partial charge in [0.2, 0.25) is 0 Å². The summed E-state index contributed by atoms with van der Waals surface area (Å²) >= 11 is 0. The highest BCUT2D eigenvalue weighted by molar-refractivity contribution is 6.97. The molecule has 0 bridgehead atoms. The highest BCUT2D eigenvalue weighted by atomic mass is 29.0. The average Bonchev–Trinajstić information content (AvgIpc) is 1.84. The Morgan fingerprint density at radius 1 is 1.30 bits per heavy atom. The van der Waals surface area contributed by atoms with E-state index in [0.717, 1.165) is 0 Å². The standard InChI is InChI=1S/C7H13NSi2/c1-6-5-9(3)10(4)8-7(6)2/h5H,1-4H3. The van der Waals surface area contributed by atoms with Gasteiger partial charge in [-0.15, -0.1) is 0 Å². The minimum Gasteiger partial charge on any atom is -0.307 e. The van der Waals surface area contributed by atoms with E-state index in [0.29, 0.717) is 0 Å². The van der Waals surface area contributed by atoms with Crippen molar-refractivity contribution in [2.45, 2.75) is 13.8 Å². The van der Waals surface area contributed by atoms with Gasteiger partial charge in [-0.25, -0.2) is 0 Å². The minimum atomic E-state index is -0.338. The topological polar surface area (TPSA) is 12.9 Å². The van der Waals surface area contributed by atoms with Gasteiger partial charge in [-0.05, 0) is 26.0 Å². The quantitative estimate of drug-likeness (QED) is 0.522. The smallest absolute Gasteiger partial charge is 0.130 e. The summed E-state index contributed by atoms with van der Waals surface area (Å²) in [4.78, 5) is 0. The molecule has 0 atom stereocenters. The summed E-state index contributed by atoms with van der Waals surface area (Å²) in [6.45, 7) is 8.96. The fourth-order valence-electron chi connectivity index (χ4n) is 0.962. The van der Waals surface area contributed by atoms with Crippen molar-refractivity contribution in [1.29, 1.82) is 0 Å². The second-order valence-electron chi connectivity index (χ2n) is 2.79. The molecule has 0 aromatic carbocycles. The highest BCUT2D eigenvalue weighted by Crippen LogP contribution is 1.97. The molecule has 0 unspecified atom stereocenters.